The summed E-state index contributed by atoms with van der Waals surface area (Å²) in [6, 6.07) is 14.9. The number of ether oxygens (including phenoxy) is 3. The number of carbonyl (C=O) groups is 4. The van der Waals surface area contributed by atoms with Gasteiger partial charge in [0.1, 0.15) is 18.8 Å². The maximum absolute atomic E-state index is 13.0. The second-order valence-corrected chi connectivity index (χ2v) is 19.8. The molecule has 2 atom stereocenters. The Balaban J connectivity index is 1.35. The van der Waals surface area contributed by atoms with Crippen molar-refractivity contribution in [2.75, 3.05) is 24.7 Å². The smallest absolute Gasteiger partial charge is 0.407 e. The quantitative estimate of drug-likeness (QED) is 0.0380. The molecule has 0 saturated heterocycles. The minimum absolute atomic E-state index is 0.0866. The van der Waals surface area contributed by atoms with Crippen LogP contribution < -0.4 is 5.32 Å². The summed E-state index contributed by atoms with van der Waals surface area (Å²) in [6.07, 6.45) is 34.0. The number of hydrogen-bond acceptors (Lipinski definition) is 8. The molecule has 66 heavy (non-hydrogen) atoms. The van der Waals surface area contributed by atoms with Gasteiger partial charge >= 0.3 is 24.0 Å². The Labute approximate surface area is 404 Å². The third-order valence-electron chi connectivity index (χ3n) is 13.0. The number of amides is 1. The molecule has 1 aliphatic carbocycles. The summed E-state index contributed by atoms with van der Waals surface area (Å²) in [7, 11) is 0. The molecule has 0 bridgehead atoms. The Bertz CT molecular complexity index is 1560. The molecule has 0 fully saturated rings. The number of carboxylic acid groups (broad SMARTS) is 1. The molecule has 0 aliphatic heterocycles. The van der Waals surface area contributed by atoms with Crippen molar-refractivity contribution >= 4 is 35.8 Å². The minimum atomic E-state index is -1.18. The van der Waals surface area contributed by atoms with Crippen LogP contribution in [0.2, 0.25) is 0 Å². The standard InChI is InChI=1S/C56H89NO8S/c1-3-5-7-9-11-13-15-17-19-21-23-25-27-40-53(58)63-42-34-33-35-46(65-54(59)41-28-26-24-22-20-18-16-14-12-10-8-6-4-2)44-66-45-52(55(60)61)57-56(62)64-43-51-49-38-31-29-36-47(49)48-37-30-32-39-50(48)51/h29-32,36-39,46,51-52H,3-28,33-35,40-45H2,1-2H3,(H,57,62)(H,60,61)/t46-,52+/m1/s1. The second kappa shape index (κ2) is 37.5. The lowest BCUT2D eigenvalue weighted by atomic mass is 9.98. The highest BCUT2D eigenvalue weighted by atomic mass is 32.2. The Kier molecular flexibility index (Phi) is 32.2. The van der Waals surface area contributed by atoms with Crippen molar-refractivity contribution in [2.24, 2.45) is 0 Å². The highest BCUT2D eigenvalue weighted by Crippen LogP contribution is 2.44. The van der Waals surface area contributed by atoms with E-state index >= 15 is 0 Å². The first-order valence-corrected chi connectivity index (χ1v) is 27.8. The zero-order valence-electron chi connectivity index (χ0n) is 41.3. The fraction of sp³-hybridized carbons (Fsp3) is 0.714. The van der Waals surface area contributed by atoms with Crippen molar-refractivity contribution in [3.63, 3.8) is 0 Å². The second-order valence-electron chi connectivity index (χ2n) is 18.7. The van der Waals surface area contributed by atoms with Crippen LogP contribution in [0.1, 0.15) is 230 Å². The Morgan fingerprint density at radius 3 is 1.45 bits per heavy atom. The van der Waals surface area contributed by atoms with Gasteiger partial charge in [0.2, 0.25) is 0 Å². The van der Waals surface area contributed by atoms with E-state index in [1.54, 1.807) is 0 Å². The average molecular weight is 936 g/mol. The summed E-state index contributed by atoms with van der Waals surface area (Å²) in [4.78, 5) is 50.6. The molecule has 1 aliphatic rings. The lowest BCUT2D eigenvalue weighted by Crippen LogP contribution is -2.43. The van der Waals surface area contributed by atoms with Crippen molar-refractivity contribution in [1.82, 2.24) is 5.32 Å². The van der Waals surface area contributed by atoms with Gasteiger partial charge in [-0.15, -0.1) is 0 Å². The number of benzene rings is 2. The zero-order chi connectivity index (χ0) is 47.3. The normalized spacial score (nSPS) is 12.9. The topological polar surface area (TPSA) is 128 Å². The summed E-state index contributed by atoms with van der Waals surface area (Å²) in [5.74, 6) is -1.21. The molecule has 1 amide bonds. The van der Waals surface area contributed by atoms with E-state index in [4.69, 9.17) is 14.2 Å². The van der Waals surface area contributed by atoms with Crippen molar-refractivity contribution in [3.05, 3.63) is 59.7 Å². The molecule has 0 aromatic heterocycles. The lowest BCUT2D eigenvalue weighted by molar-refractivity contribution is -0.148. The van der Waals surface area contributed by atoms with Gasteiger partial charge < -0.3 is 24.6 Å². The van der Waals surface area contributed by atoms with Crippen molar-refractivity contribution in [1.29, 1.82) is 0 Å². The molecule has 0 saturated carbocycles. The first-order valence-electron chi connectivity index (χ1n) is 26.6. The Morgan fingerprint density at radius 2 is 0.985 bits per heavy atom. The number of rotatable bonds is 42. The third kappa shape index (κ3) is 25.6. The summed E-state index contributed by atoms with van der Waals surface area (Å²) < 4.78 is 17.1. The first kappa shape index (κ1) is 56.8. The van der Waals surface area contributed by atoms with Crippen molar-refractivity contribution < 1.29 is 38.5 Å². The van der Waals surface area contributed by atoms with Gasteiger partial charge in [0.25, 0.3) is 0 Å². The summed E-state index contributed by atoms with van der Waals surface area (Å²) in [5, 5.41) is 12.6. The van der Waals surface area contributed by atoms with Gasteiger partial charge in [-0.1, -0.05) is 216 Å². The van der Waals surface area contributed by atoms with Crippen LogP contribution in [0.5, 0.6) is 0 Å². The fourth-order valence-electron chi connectivity index (χ4n) is 9.00. The number of nitrogens with one attached hydrogen (secondary N) is 1. The molecule has 372 valence electrons. The molecule has 0 unspecified atom stereocenters. The van der Waals surface area contributed by atoms with Gasteiger partial charge in [0.15, 0.2) is 0 Å². The fourth-order valence-corrected chi connectivity index (χ4v) is 10.1. The molecule has 0 heterocycles. The first-order chi connectivity index (χ1) is 32.3. The van der Waals surface area contributed by atoms with Gasteiger partial charge in [-0.2, -0.15) is 11.8 Å². The molecule has 2 N–H and O–H groups in total. The van der Waals surface area contributed by atoms with Gasteiger partial charge in [-0.05, 0) is 54.4 Å². The van der Waals surface area contributed by atoms with Gasteiger partial charge in [0, 0.05) is 30.3 Å². The molecule has 2 aromatic carbocycles. The number of fused-ring (bicyclic) bond motifs is 3. The summed E-state index contributed by atoms with van der Waals surface area (Å²) in [6.45, 7) is 4.93. The zero-order valence-corrected chi connectivity index (χ0v) is 42.1. The number of aliphatic carboxylic acids is 1. The lowest BCUT2D eigenvalue weighted by Gasteiger charge is -2.20. The highest BCUT2D eigenvalue weighted by Gasteiger charge is 2.30. The average Bonchev–Trinajstić information content (AvgIpc) is 3.64. The van der Waals surface area contributed by atoms with Crippen LogP contribution >= 0.6 is 11.8 Å². The molecule has 0 spiro atoms. The number of hydrogen-bond donors (Lipinski definition) is 2. The minimum Gasteiger partial charge on any atom is -0.480 e. The predicted molar refractivity (Wildman–Crippen MR) is 272 cm³/mol. The van der Waals surface area contributed by atoms with Crippen LogP contribution in [0, 0.1) is 0 Å². The largest absolute Gasteiger partial charge is 0.480 e. The molecular formula is C56H89NO8S. The highest BCUT2D eigenvalue weighted by molar-refractivity contribution is 7.99. The van der Waals surface area contributed by atoms with Crippen molar-refractivity contribution in [2.45, 2.75) is 231 Å². The molecule has 2 aromatic rings. The SMILES string of the molecule is CCCCCCCCCCCCCCCC(=O)OCCCC[C@H](CSC[C@H](NC(=O)OCC1c2ccccc2-c2ccccc21)C(=O)O)OC(=O)CCCCCCCCCCCCCCC. The van der Waals surface area contributed by atoms with E-state index in [1.807, 2.05) is 36.4 Å². The van der Waals surface area contributed by atoms with Gasteiger partial charge in [0.05, 0.1) is 6.61 Å². The van der Waals surface area contributed by atoms with Crippen LogP contribution in [0.15, 0.2) is 48.5 Å². The number of thioether (sulfide) groups is 1. The van der Waals surface area contributed by atoms with E-state index in [2.05, 4.69) is 31.3 Å². The molecule has 3 rings (SSSR count). The van der Waals surface area contributed by atoms with Gasteiger partial charge in [-0.3, -0.25) is 9.59 Å². The number of carboxylic acids is 1. The van der Waals surface area contributed by atoms with E-state index in [0.29, 0.717) is 44.5 Å². The van der Waals surface area contributed by atoms with Crippen LogP contribution in [0.4, 0.5) is 4.79 Å². The molecular weight excluding hydrogens is 847 g/mol. The van der Waals surface area contributed by atoms with E-state index in [0.717, 1.165) is 54.4 Å². The summed E-state index contributed by atoms with van der Waals surface area (Å²) >= 11 is 1.33. The third-order valence-corrected chi connectivity index (χ3v) is 14.1. The van der Waals surface area contributed by atoms with Crippen LogP contribution in [-0.2, 0) is 28.6 Å². The number of unbranched alkanes of at least 4 members (excludes halogenated alkanes) is 25. The number of carbonyl (C=O) groups excluding carboxylic acids is 3. The molecule has 9 nitrogen and oxygen atoms in total. The van der Waals surface area contributed by atoms with Crippen LogP contribution in [0.25, 0.3) is 11.1 Å². The van der Waals surface area contributed by atoms with Gasteiger partial charge in [-0.25, -0.2) is 9.59 Å². The van der Waals surface area contributed by atoms with E-state index in [-0.39, 0.29) is 30.2 Å². The van der Waals surface area contributed by atoms with E-state index in [1.165, 1.54) is 147 Å². The van der Waals surface area contributed by atoms with E-state index in [9.17, 15) is 24.3 Å². The van der Waals surface area contributed by atoms with E-state index < -0.39 is 24.2 Å². The predicted octanol–water partition coefficient (Wildman–Crippen LogP) is 15.3. The monoisotopic (exact) mass is 936 g/mol. The van der Waals surface area contributed by atoms with Crippen molar-refractivity contribution in [3.8, 4) is 11.1 Å². The maximum Gasteiger partial charge on any atom is 0.407 e. The Hall–Kier alpha value is -3.53. The Morgan fingerprint density at radius 1 is 0.545 bits per heavy atom. The molecule has 0 radical (unpaired) electrons. The maximum atomic E-state index is 13.0. The van der Waals surface area contributed by atoms with Crippen LogP contribution in [0.3, 0.4) is 0 Å². The number of esters is 2. The molecule has 10 heteroatoms. The summed E-state index contributed by atoms with van der Waals surface area (Å²) in [5.41, 5.74) is 4.38. The van der Waals surface area contributed by atoms with Crippen LogP contribution in [-0.4, -0.2) is 66.0 Å². The number of alkyl carbamates (subject to hydrolysis) is 1.